The third kappa shape index (κ3) is 3.27. The standard InChI is InChI=1S/C16H32N2/c1-4-5-6-9-16(2,3)18-11-13-7-8-15(17)10-14(13)12-18/h13-15H,4-12,17H2,1-3H3/t13-,14+,15-/m1/s1. The molecule has 1 aliphatic carbocycles. The first kappa shape index (κ1) is 14.3. The second kappa shape index (κ2) is 5.92. The molecule has 2 N–H and O–H groups in total. The predicted molar refractivity (Wildman–Crippen MR) is 78.6 cm³/mol. The number of likely N-dealkylation sites (tertiary alicyclic amines) is 1. The number of hydrogen-bond donors (Lipinski definition) is 1. The topological polar surface area (TPSA) is 29.3 Å². The molecule has 0 bridgehead atoms. The van der Waals surface area contributed by atoms with Crippen molar-refractivity contribution in [3.8, 4) is 0 Å². The Kier molecular flexibility index (Phi) is 4.71. The van der Waals surface area contributed by atoms with E-state index in [1.807, 2.05) is 0 Å². The molecular formula is C16H32N2. The van der Waals surface area contributed by atoms with Crippen LogP contribution in [0, 0.1) is 11.8 Å². The number of hydrogen-bond acceptors (Lipinski definition) is 2. The van der Waals surface area contributed by atoms with Gasteiger partial charge in [-0.15, -0.1) is 0 Å². The SMILES string of the molecule is CCCCCC(C)(C)N1C[C@H]2CC[C@@H](N)C[C@H]2C1. The van der Waals surface area contributed by atoms with E-state index in [1.54, 1.807) is 0 Å². The zero-order valence-electron chi connectivity index (χ0n) is 12.6. The van der Waals surface area contributed by atoms with E-state index in [2.05, 4.69) is 25.7 Å². The van der Waals surface area contributed by atoms with Crippen molar-refractivity contribution in [1.82, 2.24) is 4.90 Å². The second-order valence-corrected chi connectivity index (χ2v) is 7.27. The molecule has 1 aliphatic heterocycles. The molecule has 0 aromatic rings. The minimum atomic E-state index is 0.399. The first-order valence-corrected chi connectivity index (χ1v) is 8.03. The van der Waals surface area contributed by atoms with Gasteiger partial charge in [0.2, 0.25) is 0 Å². The summed E-state index contributed by atoms with van der Waals surface area (Å²) in [5, 5.41) is 0. The number of fused-ring (bicyclic) bond motifs is 1. The maximum Gasteiger partial charge on any atom is 0.0153 e. The number of rotatable bonds is 5. The van der Waals surface area contributed by atoms with E-state index in [4.69, 9.17) is 5.73 Å². The highest BCUT2D eigenvalue weighted by Crippen LogP contribution is 2.39. The lowest BCUT2D eigenvalue weighted by Crippen LogP contribution is -2.42. The van der Waals surface area contributed by atoms with Crippen LogP contribution in [-0.4, -0.2) is 29.6 Å². The summed E-state index contributed by atoms with van der Waals surface area (Å²) in [6.07, 6.45) is 9.34. The molecule has 1 saturated carbocycles. The zero-order chi connectivity index (χ0) is 13.2. The Morgan fingerprint density at radius 3 is 2.56 bits per heavy atom. The van der Waals surface area contributed by atoms with Crippen LogP contribution in [0.15, 0.2) is 0 Å². The van der Waals surface area contributed by atoms with Crippen molar-refractivity contribution in [2.24, 2.45) is 17.6 Å². The van der Waals surface area contributed by atoms with Crippen molar-refractivity contribution in [1.29, 1.82) is 0 Å². The minimum Gasteiger partial charge on any atom is -0.328 e. The molecule has 1 saturated heterocycles. The highest BCUT2D eigenvalue weighted by Gasteiger charge is 2.41. The summed E-state index contributed by atoms with van der Waals surface area (Å²) < 4.78 is 0. The van der Waals surface area contributed by atoms with Gasteiger partial charge in [0.15, 0.2) is 0 Å². The van der Waals surface area contributed by atoms with E-state index in [9.17, 15) is 0 Å². The average molecular weight is 252 g/mol. The van der Waals surface area contributed by atoms with Crippen LogP contribution in [0.5, 0.6) is 0 Å². The van der Waals surface area contributed by atoms with Gasteiger partial charge in [-0.1, -0.05) is 26.2 Å². The first-order chi connectivity index (χ1) is 8.53. The maximum atomic E-state index is 6.12. The lowest BCUT2D eigenvalue weighted by atomic mass is 9.79. The van der Waals surface area contributed by atoms with Gasteiger partial charge in [0.1, 0.15) is 0 Å². The maximum absolute atomic E-state index is 6.12. The molecule has 3 atom stereocenters. The fraction of sp³-hybridized carbons (Fsp3) is 1.00. The van der Waals surface area contributed by atoms with Gasteiger partial charge in [0.25, 0.3) is 0 Å². The molecule has 1 heterocycles. The van der Waals surface area contributed by atoms with Crippen LogP contribution in [0.25, 0.3) is 0 Å². The van der Waals surface area contributed by atoms with Crippen LogP contribution in [0.3, 0.4) is 0 Å². The molecule has 2 fully saturated rings. The lowest BCUT2D eigenvalue weighted by Gasteiger charge is -2.36. The van der Waals surface area contributed by atoms with Crippen LogP contribution >= 0.6 is 0 Å². The summed E-state index contributed by atoms with van der Waals surface area (Å²) in [5.41, 5.74) is 6.52. The highest BCUT2D eigenvalue weighted by molar-refractivity contribution is 4.95. The second-order valence-electron chi connectivity index (χ2n) is 7.27. The van der Waals surface area contributed by atoms with Gasteiger partial charge in [-0.25, -0.2) is 0 Å². The predicted octanol–water partition coefficient (Wildman–Crippen LogP) is 3.40. The summed E-state index contributed by atoms with van der Waals surface area (Å²) >= 11 is 0. The molecule has 2 rings (SSSR count). The Bertz CT molecular complexity index is 262. The number of unbranched alkanes of at least 4 members (excludes halogenated alkanes) is 2. The molecule has 0 aromatic carbocycles. The zero-order valence-corrected chi connectivity index (χ0v) is 12.6. The van der Waals surface area contributed by atoms with Gasteiger partial charge in [0.05, 0.1) is 0 Å². The summed E-state index contributed by atoms with van der Waals surface area (Å²) in [6, 6.07) is 0.481. The van der Waals surface area contributed by atoms with Crippen molar-refractivity contribution in [3.63, 3.8) is 0 Å². The molecule has 0 radical (unpaired) electrons. The van der Waals surface area contributed by atoms with Gasteiger partial charge in [0, 0.05) is 24.7 Å². The molecule has 18 heavy (non-hydrogen) atoms. The van der Waals surface area contributed by atoms with Crippen molar-refractivity contribution in [2.45, 2.75) is 77.3 Å². The Hall–Kier alpha value is -0.0800. The van der Waals surface area contributed by atoms with E-state index in [0.717, 1.165) is 11.8 Å². The molecule has 2 nitrogen and oxygen atoms in total. The third-order valence-electron chi connectivity index (χ3n) is 5.34. The van der Waals surface area contributed by atoms with Gasteiger partial charge in [-0.3, -0.25) is 4.90 Å². The van der Waals surface area contributed by atoms with Crippen LogP contribution in [0.4, 0.5) is 0 Å². The molecule has 106 valence electrons. The van der Waals surface area contributed by atoms with Crippen LogP contribution < -0.4 is 5.73 Å². The molecule has 0 amide bonds. The van der Waals surface area contributed by atoms with Crippen molar-refractivity contribution in [3.05, 3.63) is 0 Å². The van der Waals surface area contributed by atoms with Crippen molar-refractivity contribution < 1.29 is 0 Å². The van der Waals surface area contributed by atoms with E-state index >= 15 is 0 Å². The Morgan fingerprint density at radius 1 is 1.11 bits per heavy atom. The first-order valence-electron chi connectivity index (χ1n) is 8.03. The summed E-state index contributed by atoms with van der Waals surface area (Å²) in [6.45, 7) is 9.81. The van der Waals surface area contributed by atoms with Crippen molar-refractivity contribution in [2.75, 3.05) is 13.1 Å². The summed E-state index contributed by atoms with van der Waals surface area (Å²) in [5.74, 6) is 1.83. The molecule has 0 aromatic heterocycles. The molecular weight excluding hydrogens is 220 g/mol. The Balaban J connectivity index is 1.86. The number of nitrogens with two attached hydrogens (primary N) is 1. The minimum absolute atomic E-state index is 0.399. The third-order valence-corrected chi connectivity index (χ3v) is 5.34. The summed E-state index contributed by atoms with van der Waals surface area (Å²) in [4.78, 5) is 2.76. The quantitative estimate of drug-likeness (QED) is 0.760. The van der Waals surface area contributed by atoms with Crippen LogP contribution in [-0.2, 0) is 0 Å². The van der Waals surface area contributed by atoms with Gasteiger partial charge in [-0.2, -0.15) is 0 Å². The van der Waals surface area contributed by atoms with E-state index in [1.165, 1.54) is 58.0 Å². The smallest absolute Gasteiger partial charge is 0.0153 e. The van der Waals surface area contributed by atoms with E-state index in [-0.39, 0.29) is 0 Å². The fourth-order valence-corrected chi connectivity index (χ4v) is 3.93. The van der Waals surface area contributed by atoms with Gasteiger partial charge >= 0.3 is 0 Å². The monoisotopic (exact) mass is 252 g/mol. The van der Waals surface area contributed by atoms with Crippen LogP contribution in [0.2, 0.25) is 0 Å². The van der Waals surface area contributed by atoms with Gasteiger partial charge in [-0.05, 0) is 51.4 Å². The Labute approximate surface area is 113 Å². The number of nitrogens with zero attached hydrogens (tertiary/aromatic N) is 1. The molecule has 0 spiro atoms. The van der Waals surface area contributed by atoms with E-state index in [0.29, 0.717) is 11.6 Å². The molecule has 2 heteroatoms. The average Bonchev–Trinajstić information content (AvgIpc) is 2.72. The molecule has 0 unspecified atom stereocenters. The Morgan fingerprint density at radius 2 is 1.83 bits per heavy atom. The largest absolute Gasteiger partial charge is 0.328 e. The lowest BCUT2D eigenvalue weighted by molar-refractivity contribution is 0.132. The fourth-order valence-electron chi connectivity index (χ4n) is 3.93. The molecule has 2 aliphatic rings. The normalized spacial score (nSPS) is 33.7. The van der Waals surface area contributed by atoms with Crippen LogP contribution in [0.1, 0.15) is 65.7 Å². The highest BCUT2D eigenvalue weighted by atomic mass is 15.2. The van der Waals surface area contributed by atoms with Gasteiger partial charge < -0.3 is 5.73 Å². The van der Waals surface area contributed by atoms with Crippen molar-refractivity contribution >= 4 is 0 Å². The summed E-state index contributed by atoms with van der Waals surface area (Å²) in [7, 11) is 0. The van der Waals surface area contributed by atoms with E-state index < -0.39 is 0 Å².